The normalized spacial score (nSPS) is 15.1. The third-order valence-corrected chi connectivity index (χ3v) is 8.26. The molecule has 156 valence electrons. The molecule has 0 atom stereocenters. The topological polar surface area (TPSA) is 92.8 Å². The van der Waals surface area contributed by atoms with Crippen LogP contribution in [-0.2, 0) is 26.1 Å². The molecule has 7 nitrogen and oxygen atoms in total. The third kappa shape index (κ3) is 5.73. The standard InChI is InChI=1S/C18H19ClN2O5S3/c19-14-3-1-2-13(10-14)11-20-16(22)12-26-18(23)17-15(4-7-28-17)29(24,25)21-5-8-27-9-6-21/h1-4,7,10H,5-6,8-9,11-12H2,(H,20,22). The molecule has 1 aromatic heterocycles. The molecule has 2 heterocycles. The zero-order chi connectivity index (χ0) is 20.9. The number of nitrogens with zero attached hydrogens (tertiary/aromatic N) is 1. The maximum absolute atomic E-state index is 12.8. The summed E-state index contributed by atoms with van der Waals surface area (Å²) in [7, 11) is -3.77. The van der Waals surface area contributed by atoms with Gasteiger partial charge in [0.15, 0.2) is 6.61 Å². The first-order chi connectivity index (χ1) is 13.9. The van der Waals surface area contributed by atoms with E-state index >= 15 is 0 Å². The second-order valence-corrected chi connectivity index (χ2v) is 10.6. The van der Waals surface area contributed by atoms with Gasteiger partial charge in [-0.3, -0.25) is 4.79 Å². The van der Waals surface area contributed by atoms with Crippen LogP contribution in [0.1, 0.15) is 15.2 Å². The van der Waals surface area contributed by atoms with E-state index in [1.807, 2.05) is 0 Å². The molecular formula is C18H19ClN2O5S3. The first kappa shape index (κ1) is 22.1. The average molecular weight is 475 g/mol. The molecule has 1 aromatic carbocycles. The van der Waals surface area contributed by atoms with E-state index in [1.54, 1.807) is 36.0 Å². The highest BCUT2D eigenvalue weighted by molar-refractivity contribution is 7.99. The Labute approximate surface area is 182 Å². The number of ether oxygens (including phenoxy) is 1. The molecular weight excluding hydrogens is 456 g/mol. The Morgan fingerprint density at radius 3 is 2.69 bits per heavy atom. The minimum absolute atomic E-state index is 0.0223. The maximum Gasteiger partial charge on any atom is 0.350 e. The first-order valence-corrected chi connectivity index (χ1v) is 12.6. The van der Waals surface area contributed by atoms with Crippen LogP contribution in [0.2, 0.25) is 5.02 Å². The van der Waals surface area contributed by atoms with Gasteiger partial charge in [-0.2, -0.15) is 16.1 Å². The van der Waals surface area contributed by atoms with E-state index in [9.17, 15) is 18.0 Å². The summed E-state index contributed by atoms with van der Waals surface area (Å²) in [5.41, 5.74) is 0.809. The van der Waals surface area contributed by atoms with E-state index in [1.165, 1.54) is 15.8 Å². The van der Waals surface area contributed by atoms with Crippen LogP contribution < -0.4 is 5.32 Å². The summed E-state index contributed by atoms with van der Waals surface area (Å²) in [5, 5.41) is 4.71. The monoisotopic (exact) mass is 474 g/mol. The van der Waals surface area contributed by atoms with Crippen LogP contribution >= 0.6 is 34.7 Å². The Balaban J connectivity index is 1.57. The number of benzene rings is 1. The van der Waals surface area contributed by atoms with E-state index in [4.69, 9.17) is 16.3 Å². The Bertz CT molecular complexity index is 987. The Morgan fingerprint density at radius 2 is 1.97 bits per heavy atom. The minimum Gasteiger partial charge on any atom is -0.451 e. The van der Waals surface area contributed by atoms with Gasteiger partial charge < -0.3 is 10.1 Å². The molecule has 0 saturated carbocycles. The lowest BCUT2D eigenvalue weighted by molar-refractivity contribution is -0.124. The summed E-state index contributed by atoms with van der Waals surface area (Å²) >= 11 is 8.56. The number of esters is 1. The third-order valence-electron chi connectivity index (χ3n) is 4.12. The number of carbonyl (C=O) groups is 2. The smallest absolute Gasteiger partial charge is 0.350 e. The zero-order valence-corrected chi connectivity index (χ0v) is 18.5. The van der Waals surface area contributed by atoms with Gasteiger partial charge in [0.1, 0.15) is 9.77 Å². The number of amides is 1. The molecule has 1 aliphatic heterocycles. The van der Waals surface area contributed by atoms with Crippen molar-refractivity contribution in [3.63, 3.8) is 0 Å². The van der Waals surface area contributed by atoms with Crippen molar-refractivity contribution < 1.29 is 22.7 Å². The molecule has 0 spiro atoms. The van der Waals surface area contributed by atoms with E-state index in [2.05, 4.69) is 5.32 Å². The number of halogens is 1. The Hall–Kier alpha value is -1.59. The van der Waals surface area contributed by atoms with Gasteiger partial charge in [-0.1, -0.05) is 23.7 Å². The number of thioether (sulfide) groups is 1. The second-order valence-electron chi connectivity index (χ2n) is 6.11. The van der Waals surface area contributed by atoms with Crippen molar-refractivity contribution in [1.29, 1.82) is 0 Å². The fraction of sp³-hybridized carbons (Fsp3) is 0.333. The molecule has 3 rings (SSSR count). The molecule has 29 heavy (non-hydrogen) atoms. The number of hydrogen-bond acceptors (Lipinski definition) is 7. The van der Waals surface area contributed by atoms with Gasteiger partial charge in [-0.15, -0.1) is 11.3 Å². The van der Waals surface area contributed by atoms with Crippen LogP contribution in [0.25, 0.3) is 0 Å². The highest BCUT2D eigenvalue weighted by Crippen LogP contribution is 2.27. The van der Waals surface area contributed by atoms with Crippen LogP contribution in [0.4, 0.5) is 0 Å². The summed E-state index contributed by atoms with van der Waals surface area (Å²) in [4.78, 5) is 24.2. The lowest BCUT2D eigenvalue weighted by Gasteiger charge is -2.25. The highest BCUT2D eigenvalue weighted by Gasteiger charge is 2.31. The van der Waals surface area contributed by atoms with E-state index in [0.29, 0.717) is 18.1 Å². The summed E-state index contributed by atoms with van der Waals surface area (Å²) in [6.45, 7) is 0.548. The fourth-order valence-corrected chi connectivity index (χ4v) is 6.74. The molecule has 1 fully saturated rings. The van der Waals surface area contributed by atoms with E-state index < -0.39 is 28.5 Å². The van der Waals surface area contributed by atoms with Gasteiger partial charge in [0.05, 0.1) is 0 Å². The number of nitrogens with one attached hydrogen (secondary N) is 1. The van der Waals surface area contributed by atoms with Crippen molar-refractivity contribution in [2.45, 2.75) is 11.4 Å². The lowest BCUT2D eigenvalue weighted by Crippen LogP contribution is -2.38. The minimum atomic E-state index is -3.77. The van der Waals surface area contributed by atoms with Crippen molar-refractivity contribution in [2.75, 3.05) is 31.2 Å². The summed E-state index contributed by atoms with van der Waals surface area (Å²) in [6.07, 6.45) is 0. The molecule has 0 bridgehead atoms. The van der Waals surface area contributed by atoms with Gasteiger partial charge in [0.25, 0.3) is 5.91 Å². The van der Waals surface area contributed by atoms with E-state index in [0.717, 1.165) is 28.4 Å². The zero-order valence-electron chi connectivity index (χ0n) is 15.3. The molecule has 1 amide bonds. The van der Waals surface area contributed by atoms with E-state index in [-0.39, 0.29) is 16.3 Å². The highest BCUT2D eigenvalue weighted by atomic mass is 35.5. The summed E-state index contributed by atoms with van der Waals surface area (Å²) in [5.74, 6) is 0.113. The number of thiophene rings is 1. The predicted molar refractivity (Wildman–Crippen MR) is 114 cm³/mol. The predicted octanol–water partition coefficient (Wildman–Crippen LogP) is 2.61. The molecule has 1 saturated heterocycles. The van der Waals surface area contributed by atoms with Crippen molar-refractivity contribution in [2.24, 2.45) is 0 Å². The number of sulfonamides is 1. The van der Waals surface area contributed by atoms with Gasteiger partial charge in [0.2, 0.25) is 10.0 Å². The van der Waals surface area contributed by atoms with Gasteiger partial charge in [-0.25, -0.2) is 13.2 Å². The molecule has 0 aliphatic carbocycles. The first-order valence-electron chi connectivity index (χ1n) is 8.71. The van der Waals surface area contributed by atoms with Crippen molar-refractivity contribution in [3.8, 4) is 0 Å². The van der Waals surface area contributed by atoms with Crippen molar-refractivity contribution >= 4 is 56.6 Å². The molecule has 0 radical (unpaired) electrons. The number of hydrogen-bond donors (Lipinski definition) is 1. The van der Waals surface area contributed by atoms with Crippen LogP contribution in [-0.4, -0.2) is 55.8 Å². The number of rotatable bonds is 7. The Morgan fingerprint density at radius 1 is 1.21 bits per heavy atom. The average Bonchev–Trinajstić information content (AvgIpc) is 3.22. The summed E-state index contributed by atoms with van der Waals surface area (Å²) in [6, 6.07) is 8.42. The second kappa shape index (κ2) is 9.94. The van der Waals surface area contributed by atoms with Gasteiger partial charge in [-0.05, 0) is 29.1 Å². The SMILES string of the molecule is O=C(COC(=O)c1sccc1S(=O)(=O)N1CCSCC1)NCc1cccc(Cl)c1. The van der Waals surface area contributed by atoms with Crippen LogP contribution in [0.5, 0.6) is 0 Å². The molecule has 0 unspecified atom stereocenters. The molecule has 1 N–H and O–H groups in total. The Kier molecular flexibility index (Phi) is 7.58. The maximum atomic E-state index is 12.8. The largest absolute Gasteiger partial charge is 0.451 e. The van der Waals surface area contributed by atoms with Gasteiger partial charge >= 0.3 is 5.97 Å². The van der Waals surface area contributed by atoms with Crippen LogP contribution in [0, 0.1) is 0 Å². The number of carbonyl (C=O) groups excluding carboxylic acids is 2. The van der Waals surface area contributed by atoms with Crippen LogP contribution in [0.3, 0.4) is 0 Å². The molecule has 11 heteroatoms. The van der Waals surface area contributed by atoms with Crippen molar-refractivity contribution in [1.82, 2.24) is 9.62 Å². The quantitative estimate of drug-likeness (QED) is 0.620. The summed E-state index contributed by atoms with van der Waals surface area (Å²) < 4.78 is 32.1. The fourth-order valence-electron chi connectivity index (χ4n) is 2.67. The molecule has 2 aromatic rings. The molecule has 1 aliphatic rings. The lowest BCUT2D eigenvalue weighted by atomic mass is 10.2. The van der Waals surface area contributed by atoms with Crippen LogP contribution in [0.15, 0.2) is 40.6 Å². The van der Waals surface area contributed by atoms with Gasteiger partial charge in [0, 0.05) is 36.2 Å². The van der Waals surface area contributed by atoms with Crippen molar-refractivity contribution in [3.05, 3.63) is 51.2 Å².